The third-order valence-electron chi connectivity index (χ3n) is 2.86. The van der Waals surface area contributed by atoms with E-state index < -0.39 is 0 Å². The van der Waals surface area contributed by atoms with Crippen molar-refractivity contribution in [2.45, 2.75) is 33.0 Å². The summed E-state index contributed by atoms with van der Waals surface area (Å²) in [6.07, 6.45) is 1.90. The van der Waals surface area contributed by atoms with Gasteiger partial charge in [0.1, 0.15) is 5.82 Å². The standard InChI is InChI=1S/C15H20FN3S/c1-11(2)17-8-14-9-18-15(20-14)19(3)10-12-5-4-6-13(16)7-12/h4-7,9,11,17H,8,10H2,1-3H3. The van der Waals surface area contributed by atoms with E-state index in [0.717, 1.165) is 17.2 Å². The second-order valence-corrected chi connectivity index (χ2v) is 6.22. The Morgan fingerprint density at radius 1 is 1.40 bits per heavy atom. The zero-order valence-corrected chi connectivity index (χ0v) is 12.9. The molecule has 1 N–H and O–H groups in total. The zero-order valence-electron chi connectivity index (χ0n) is 12.1. The van der Waals surface area contributed by atoms with Gasteiger partial charge in [-0.2, -0.15) is 0 Å². The summed E-state index contributed by atoms with van der Waals surface area (Å²) in [5.74, 6) is -0.197. The van der Waals surface area contributed by atoms with Crippen molar-refractivity contribution in [2.75, 3.05) is 11.9 Å². The summed E-state index contributed by atoms with van der Waals surface area (Å²) in [5, 5.41) is 4.33. The molecule has 108 valence electrons. The molecular formula is C15H20FN3S. The lowest BCUT2D eigenvalue weighted by Gasteiger charge is -2.15. The smallest absolute Gasteiger partial charge is 0.185 e. The molecule has 20 heavy (non-hydrogen) atoms. The van der Waals surface area contributed by atoms with E-state index in [9.17, 15) is 4.39 Å². The Balaban J connectivity index is 1.97. The van der Waals surface area contributed by atoms with Crippen LogP contribution in [0.15, 0.2) is 30.5 Å². The average molecular weight is 293 g/mol. The molecule has 0 bridgehead atoms. The third-order valence-corrected chi connectivity index (χ3v) is 3.97. The normalized spacial score (nSPS) is 11.1. The summed E-state index contributed by atoms with van der Waals surface area (Å²) in [6.45, 7) is 5.74. The van der Waals surface area contributed by atoms with Gasteiger partial charge in [0.25, 0.3) is 0 Å². The minimum absolute atomic E-state index is 0.197. The molecule has 0 radical (unpaired) electrons. The minimum Gasteiger partial charge on any atom is -0.347 e. The Labute approximate surface area is 123 Å². The van der Waals surface area contributed by atoms with Gasteiger partial charge in [0, 0.05) is 37.3 Å². The SMILES string of the molecule is CC(C)NCc1cnc(N(C)Cc2cccc(F)c2)s1. The summed E-state index contributed by atoms with van der Waals surface area (Å²) in [7, 11) is 1.98. The van der Waals surface area contributed by atoms with Crippen LogP contribution in [0.1, 0.15) is 24.3 Å². The van der Waals surface area contributed by atoms with Crippen LogP contribution >= 0.6 is 11.3 Å². The van der Waals surface area contributed by atoms with Crippen molar-refractivity contribution in [2.24, 2.45) is 0 Å². The fourth-order valence-corrected chi connectivity index (χ4v) is 2.66. The topological polar surface area (TPSA) is 28.2 Å². The van der Waals surface area contributed by atoms with Crippen molar-refractivity contribution in [3.05, 3.63) is 46.7 Å². The van der Waals surface area contributed by atoms with Crippen LogP contribution in [0.3, 0.4) is 0 Å². The number of hydrogen-bond acceptors (Lipinski definition) is 4. The summed E-state index contributed by atoms with van der Waals surface area (Å²) >= 11 is 1.66. The number of benzene rings is 1. The van der Waals surface area contributed by atoms with E-state index in [2.05, 4.69) is 24.1 Å². The van der Waals surface area contributed by atoms with Crippen molar-refractivity contribution in [1.82, 2.24) is 10.3 Å². The Morgan fingerprint density at radius 2 is 2.20 bits per heavy atom. The predicted octanol–water partition coefficient (Wildman–Crippen LogP) is 3.42. The number of aromatic nitrogens is 1. The largest absolute Gasteiger partial charge is 0.347 e. The molecule has 2 aromatic rings. The quantitative estimate of drug-likeness (QED) is 0.884. The second-order valence-electron chi connectivity index (χ2n) is 5.13. The maximum atomic E-state index is 13.2. The first-order valence-corrected chi connectivity index (χ1v) is 7.50. The van der Waals surface area contributed by atoms with Crippen LogP contribution in [0.2, 0.25) is 0 Å². The average Bonchev–Trinajstić information content (AvgIpc) is 2.85. The van der Waals surface area contributed by atoms with Gasteiger partial charge in [-0.1, -0.05) is 26.0 Å². The van der Waals surface area contributed by atoms with Gasteiger partial charge < -0.3 is 10.2 Å². The minimum atomic E-state index is -0.197. The van der Waals surface area contributed by atoms with Gasteiger partial charge in [-0.15, -0.1) is 11.3 Å². The number of thiazole rings is 1. The van der Waals surface area contributed by atoms with Crippen LogP contribution in [0.5, 0.6) is 0 Å². The number of nitrogens with one attached hydrogen (secondary N) is 1. The monoisotopic (exact) mass is 293 g/mol. The van der Waals surface area contributed by atoms with Crippen molar-refractivity contribution >= 4 is 16.5 Å². The highest BCUT2D eigenvalue weighted by Crippen LogP contribution is 2.23. The van der Waals surface area contributed by atoms with Gasteiger partial charge in [0.15, 0.2) is 5.13 Å². The van der Waals surface area contributed by atoms with Crippen molar-refractivity contribution in [1.29, 1.82) is 0 Å². The van der Waals surface area contributed by atoms with E-state index in [0.29, 0.717) is 12.6 Å². The number of halogens is 1. The Morgan fingerprint density at radius 3 is 2.90 bits per heavy atom. The van der Waals surface area contributed by atoms with Crippen molar-refractivity contribution in [3.63, 3.8) is 0 Å². The van der Waals surface area contributed by atoms with Gasteiger partial charge >= 0.3 is 0 Å². The van der Waals surface area contributed by atoms with Gasteiger partial charge in [0.2, 0.25) is 0 Å². The van der Waals surface area contributed by atoms with Gasteiger partial charge in [0.05, 0.1) is 0 Å². The van der Waals surface area contributed by atoms with Crippen molar-refractivity contribution < 1.29 is 4.39 Å². The molecular weight excluding hydrogens is 273 g/mol. The summed E-state index contributed by atoms with van der Waals surface area (Å²) in [4.78, 5) is 7.67. The molecule has 0 fully saturated rings. The number of nitrogens with zero attached hydrogens (tertiary/aromatic N) is 2. The summed E-state index contributed by atoms with van der Waals surface area (Å²) in [5.41, 5.74) is 0.949. The molecule has 0 aliphatic heterocycles. The summed E-state index contributed by atoms with van der Waals surface area (Å²) in [6, 6.07) is 7.14. The van der Waals surface area contributed by atoms with Crippen LogP contribution in [0.25, 0.3) is 0 Å². The van der Waals surface area contributed by atoms with Gasteiger partial charge in [-0.3, -0.25) is 0 Å². The van der Waals surface area contributed by atoms with Gasteiger partial charge in [-0.05, 0) is 17.7 Å². The lowest BCUT2D eigenvalue weighted by Crippen LogP contribution is -2.21. The van der Waals surface area contributed by atoms with Crippen LogP contribution in [-0.2, 0) is 13.1 Å². The third kappa shape index (κ3) is 4.28. The molecule has 0 unspecified atom stereocenters. The van der Waals surface area contributed by atoms with Crippen LogP contribution in [-0.4, -0.2) is 18.1 Å². The van der Waals surface area contributed by atoms with E-state index in [1.807, 2.05) is 24.2 Å². The molecule has 0 saturated carbocycles. The van der Waals surface area contributed by atoms with E-state index in [-0.39, 0.29) is 5.82 Å². The molecule has 1 heterocycles. The molecule has 1 aromatic carbocycles. The number of hydrogen-bond donors (Lipinski definition) is 1. The summed E-state index contributed by atoms with van der Waals surface area (Å²) < 4.78 is 13.2. The highest BCUT2D eigenvalue weighted by atomic mass is 32.1. The fourth-order valence-electron chi connectivity index (χ4n) is 1.84. The predicted molar refractivity (Wildman–Crippen MR) is 82.6 cm³/mol. The molecule has 1 aromatic heterocycles. The first-order chi connectivity index (χ1) is 9.54. The van der Waals surface area contributed by atoms with Crippen molar-refractivity contribution in [3.8, 4) is 0 Å². The lowest BCUT2D eigenvalue weighted by atomic mass is 10.2. The Hall–Kier alpha value is -1.46. The maximum Gasteiger partial charge on any atom is 0.185 e. The Bertz CT molecular complexity index is 554. The molecule has 3 nitrogen and oxygen atoms in total. The van der Waals surface area contributed by atoms with Crippen LogP contribution < -0.4 is 10.2 Å². The molecule has 0 atom stereocenters. The number of rotatable bonds is 6. The van der Waals surface area contributed by atoms with E-state index in [4.69, 9.17) is 0 Å². The molecule has 0 aliphatic carbocycles. The highest BCUT2D eigenvalue weighted by molar-refractivity contribution is 7.15. The van der Waals surface area contributed by atoms with E-state index in [1.165, 1.54) is 10.9 Å². The Kier molecular flexibility index (Phi) is 5.09. The second kappa shape index (κ2) is 6.81. The lowest BCUT2D eigenvalue weighted by molar-refractivity contribution is 0.593. The maximum absolute atomic E-state index is 13.2. The zero-order chi connectivity index (χ0) is 14.5. The molecule has 0 spiro atoms. The first kappa shape index (κ1) is 14.9. The molecule has 5 heteroatoms. The molecule has 0 amide bonds. The first-order valence-electron chi connectivity index (χ1n) is 6.68. The highest BCUT2D eigenvalue weighted by Gasteiger charge is 2.08. The molecule has 0 saturated heterocycles. The van der Waals surface area contributed by atoms with E-state index in [1.54, 1.807) is 23.5 Å². The van der Waals surface area contributed by atoms with E-state index >= 15 is 0 Å². The van der Waals surface area contributed by atoms with Crippen LogP contribution in [0, 0.1) is 5.82 Å². The van der Waals surface area contributed by atoms with Crippen LogP contribution in [0.4, 0.5) is 9.52 Å². The molecule has 0 aliphatic rings. The molecule has 2 rings (SSSR count). The fraction of sp³-hybridized carbons (Fsp3) is 0.400. The van der Waals surface area contributed by atoms with Gasteiger partial charge in [-0.25, -0.2) is 9.37 Å². The number of anilines is 1.